The fourth-order valence-corrected chi connectivity index (χ4v) is 4.58. The number of thioether (sulfide) groups is 1. The van der Waals surface area contributed by atoms with Crippen molar-refractivity contribution in [2.24, 2.45) is 5.10 Å². The number of ether oxygens (including phenoxy) is 1. The second kappa shape index (κ2) is 8.73. The number of halogens is 2. The van der Waals surface area contributed by atoms with Crippen LogP contribution in [0.4, 0.5) is 0 Å². The third-order valence-corrected chi connectivity index (χ3v) is 5.91. The number of carbonyl (C=O) groups is 1. The van der Waals surface area contributed by atoms with Crippen molar-refractivity contribution >= 4 is 68.6 Å². The van der Waals surface area contributed by atoms with Crippen LogP contribution in [0, 0.1) is 0 Å². The van der Waals surface area contributed by atoms with E-state index in [9.17, 15) is 4.79 Å². The SMILES string of the molecule is COc1c(Cl)cc(Cl)cc1/C=N\NC(=O)CSc1nc2ccccc2s1. The van der Waals surface area contributed by atoms with Crippen LogP contribution >= 0.6 is 46.3 Å². The lowest BCUT2D eigenvalue weighted by Gasteiger charge is -2.07. The quantitative estimate of drug-likeness (QED) is 0.348. The highest BCUT2D eigenvalue weighted by molar-refractivity contribution is 8.01. The summed E-state index contributed by atoms with van der Waals surface area (Å²) in [5, 5.41) is 4.76. The number of thiazole rings is 1. The molecule has 0 unspecified atom stereocenters. The van der Waals surface area contributed by atoms with E-state index in [-0.39, 0.29) is 11.7 Å². The van der Waals surface area contributed by atoms with Crippen LogP contribution in [-0.4, -0.2) is 30.0 Å². The van der Waals surface area contributed by atoms with Crippen LogP contribution in [0.5, 0.6) is 5.75 Å². The van der Waals surface area contributed by atoms with Gasteiger partial charge in [-0.3, -0.25) is 4.79 Å². The minimum Gasteiger partial charge on any atom is -0.495 e. The van der Waals surface area contributed by atoms with Gasteiger partial charge in [-0.1, -0.05) is 47.1 Å². The summed E-state index contributed by atoms with van der Waals surface area (Å²) in [6, 6.07) is 11.1. The molecule has 2 aromatic carbocycles. The molecular formula is C17H13Cl2N3O2S2. The third-order valence-electron chi connectivity index (χ3n) is 3.24. The van der Waals surface area contributed by atoms with Gasteiger partial charge in [-0.05, 0) is 24.3 Å². The number of carbonyl (C=O) groups excluding carboxylic acids is 1. The molecule has 0 bridgehead atoms. The molecule has 1 aromatic heterocycles. The fraction of sp³-hybridized carbons (Fsp3) is 0.118. The van der Waals surface area contributed by atoms with E-state index in [1.807, 2.05) is 24.3 Å². The lowest BCUT2D eigenvalue weighted by molar-refractivity contribution is -0.118. The average Bonchev–Trinajstić information content (AvgIpc) is 3.02. The molecule has 134 valence electrons. The van der Waals surface area contributed by atoms with E-state index in [4.69, 9.17) is 27.9 Å². The molecule has 1 heterocycles. The molecule has 5 nitrogen and oxygen atoms in total. The second-order valence-corrected chi connectivity index (χ2v) is 8.14. The number of nitrogens with zero attached hydrogens (tertiary/aromatic N) is 2. The molecule has 0 fully saturated rings. The summed E-state index contributed by atoms with van der Waals surface area (Å²) in [6.07, 6.45) is 1.44. The molecule has 0 spiro atoms. The van der Waals surface area contributed by atoms with Gasteiger partial charge in [0.15, 0.2) is 4.34 Å². The number of benzene rings is 2. The number of rotatable bonds is 6. The predicted octanol–water partition coefficient (Wildman–Crippen LogP) is 4.85. The Morgan fingerprint density at radius 3 is 2.96 bits per heavy atom. The molecule has 3 rings (SSSR count). The largest absolute Gasteiger partial charge is 0.495 e. The maximum Gasteiger partial charge on any atom is 0.250 e. The first-order valence-corrected chi connectivity index (χ1v) is 9.96. The highest BCUT2D eigenvalue weighted by atomic mass is 35.5. The topological polar surface area (TPSA) is 63.6 Å². The molecular weight excluding hydrogens is 413 g/mol. The Labute approximate surface area is 168 Å². The summed E-state index contributed by atoms with van der Waals surface area (Å²) in [5.41, 5.74) is 3.98. The molecule has 0 aliphatic carbocycles. The number of fused-ring (bicyclic) bond motifs is 1. The zero-order valence-electron chi connectivity index (χ0n) is 13.5. The van der Waals surface area contributed by atoms with Gasteiger partial charge in [0.1, 0.15) is 5.75 Å². The Hall–Kier alpha value is -1.80. The van der Waals surface area contributed by atoms with E-state index in [2.05, 4.69) is 15.5 Å². The molecule has 0 radical (unpaired) electrons. The number of aromatic nitrogens is 1. The molecule has 26 heavy (non-hydrogen) atoms. The van der Waals surface area contributed by atoms with Crippen LogP contribution in [0.3, 0.4) is 0 Å². The van der Waals surface area contributed by atoms with E-state index >= 15 is 0 Å². The van der Waals surface area contributed by atoms with Crippen LogP contribution < -0.4 is 10.2 Å². The van der Waals surface area contributed by atoms with Gasteiger partial charge in [0.05, 0.1) is 34.3 Å². The van der Waals surface area contributed by atoms with Gasteiger partial charge in [-0.25, -0.2) is 10.4 Å². The van der Waals surface area contributed by atoms with E-state index in [1.54, 1.807) is 23.5 Å². The Kier molecular flexibility index (Phi) is 6.37. The van der Waals surface area contributed by atoms with Gasteiger partial charge < -0.3 is 4.74 Å². The zero-order chi connectivity index (χ0) is 18.5. The third kappa shape index (κ3) is 4.67. The van der Waals surface area contributed by atoms with Crippen molar-refractivity contribution in [2.45, 2.75) is 4.34 Å². The average molecular weight is 426 g/mol. The first-order valence-electron chi connectivity index (χ1n) is 7.40. The molecule has 1 amide bonds. The zero-order valence-corrected chi connectivity index (χ0v) is 16.7. The number of hydrogen-bond acceptors (Lipinski definition) is 6. The first-order chi connectivity index (χ1) is 12.6. The van der Waals surface area contributed by atoms with E-state index in [0.29, 0.717) is 21.4 Å². The number of nitrogens with one attached hydrogen (secondary N) is 1. The standard InChI is InChI=1S/C17H13Cl2N3O2S2/c1-24-16-10(6-11(18)7-12(16)19)8-20-22-15(23)9-25-17-21-13-4-2-3-5-14(13)26-17/h2-8H,9H2,1H3,(H,22,23)/b20-8-. The number of methoxy groups -OCH3 is 1. The highest BCUT2D eigenvalue weighted by Gasteiger charge is 2.09. The van der Waals surface area contributed by atoms with Gasteiger partial charge in [0, 0.05) is 10.6 Å². The number of hydrogen-bond donors (Lipinski definition) is 1. The summed E-state index contributed by atoms with van der Waals surface area (Å²) < 4.78 is 7.15. The van der Waals surface area contributed by atoms with E-state index in [1.165, 1.54) is 25.1 Å². The van der Waals surface area contributed by atoms with Gasteiger partial charge >= 0.3 is 0 Å². The summed E-state index contributed by atoms with van der Waals surface area (Å²) in [7, 11) is 1.50. The number of hydrazone groups is 1. The minimum atomic E-state index is -0.238. The Morgan fingerprint density at radius 1 is 1.38 bits per heavy atom. The molecule has 9 heteroatoms. The van der Waals surface area contributed by atoms with Crippen LogP contribution in [0.1, 0.15) is 5.56 Å². The maximum atomic E-state index is 12.0. The van der Waals surface area contributed by atoms with Crippen molar-refractivity contribution in [2.75, 3.05) is 12.9 Å². The Bertz CT molecular complexity index is 943. The molecule has 3 aromatic rings. The van der Waals surface area contributed by atoms with Crippen molar-refractivity contribution in [3.8, 4) is 5.75 Å². The minimum absolute atomic E-state index is 0.213. The van der Waals surface area contributed by atoms with Crippen molar-refractivity contribution < 1.29 is 9.53 Å². The van der Waals surface area contributed by atoms with Crippen molar-refractivity contribution in [3.63, 3.8) is 0 Å². The fourth-order valence-electron chi connectivity index (χ4n) is 2.14. The van der Waals surface area contributed by atoms with Crippen molar-refractivity contribution in [1.29, 1.82) is 0 Å². The summed E-state index contributed by atoms with van der Waals surface area (Å²) in [4.78, 5) is 16.4. The normalized spacial score (nSPS) is 11.2. The molecule has 0 aliphatic heterocycles. The van der Waals surface area contributed by atoms with Crippen LogP contribution in [0.15, 0.2) is 45.8 Å². The molecule has 1 N–H and O–H groups in total. The van der Waals surface area contributed by atoms with Crippen LogP contribution in [0.25, 0.3) is 10.2 Å². The van der Waals surface area contributed by atoms with Crippen molar-refractivity contribution in [3.05, 3.63) is 52.0 Å². The van der Waals surface area contributed by atoms with Crippen LogP contribution in [0.2, 0.25) is 10.0 Å². The lowest BCUT2D eigenvalue weighted by atomic mass is 10.2. The second-order valence-electron chi connectivity index (χ2n) is 5.04. The lowest BCUT2D eigenvalue weighted by Crippen LogP contribution is -2.19. The molecule has 0 aliphatic rings. The summed E-state index contributed by atoms with van der Waals surface area (Å²) >= 11 is 15.0. The maximum absolute atomic E-state index is 12.0. The predicted molar refractivity (Wildman–Crippen MR) is 109 cm³/mol. The molecule has 0 saturated heterocycles. The van der Waals surface area contributed by atoms with Gasteiger partial charge in [-0.2, -0.15) is 5.10 Å². The van der Waals surface area contributed by atoms with E-state index < -0.39 is 0 Å². The smallest absolute Gasteiger partial charge is 0.250 e. The monoisotopic (exact) mass is 425 g/mol. The molecule has 0 saturated carbocycles. The van der Waals surface area contributed by atoms with Gasteiger partial charge in [-0.15, -0.1) is 11.3 Å². The summed E-state index contributed by atoms with van der Waals surface area (Å²) in [6.45, 7) is 0. The summed E-state index contributed by atoms with van der Waals surface area (Å²) in [5.74, 6) is 0.417. The highest BCUT2D eigenvalue weighted by Crippen LogP contribution is 2.31. The van der Waals surface area contributed by atoms with Gasteiger partial charge in [0.2, 0.25) is 0 Å². The number of amides is 1. The molecule has 0 atom stereocenters. The van der Waals surface area contributed by atoms with Crippen LogP contribution in [-0.2, 0) is 4.79 Å². The Morgan fingerprint density at radius 2 is 2.19 bits per heavy atom. The van der Waals surface area contributed by atoms with E-state index in [0.717, 1.165) is 14.6 Å². The Balaban J connectivity index is 1.58. The first kappa shape index (κ1) is 19.0. The van der Waals surface area contributed by atoms with Gasteiger partial charge in [0.25, 0.3) is 5.91 Å². The van der Waals surface area contributed by atoms with Crippen molar-refractivity contribution in [1.82, 2.24) is 10.4 Å². The number of para-hydroxylation sites is 1.